The maximum absolute atomic E-state index is 13.5. The van der Waals surface area contributed by atoms with Gasteiger partial charge in [-0.15, -0.1) is 5.10 Å². The number of halogens is 4. The Labute approximate surface area is 193 Å². The van der Waals surface area contributed by atoms with Crippen LogP contribution in [0.4, 0.5) is 23.4 Å². The third kappa shape index (κ3) is 5.34. The molecule has 0 saturated carbocycles. The summed E-state index contributed by atoms with van der Waals surface area (Å²) in [5.74, 6) is -0.224. The van der Waals surface area contributed by atoms with Crippen LogP contribution >= 0.6 is 0 Å². The molecule has 0 unspecified atom stereocenters. The largest absolute Gasteiger partial charge is 0.433 e. The molecule has 4 rings (SSSR count). The van der Waals surface area contributed by atoms with E-state index in [0.717, 1.165) is 22.8 Å². The fourth-order valence-corrected chi connectivity index (χ4v) is 3.41. The topological polar surface area (TPSA) is 66.8 Å². The van der Waals surface area contributed by atoms with Gasteiger partial charge in [0.2, 0.25) is 5.95 Å². The van der Waals surface area contributed by atoms with Crippen molar-refractivity contribution in [2.45, 2.75) is 19.6 Å². The number of hydrogen-bond donors (Lipinski definition) is 1. The van der Waals surface area contributed by atoms with Crippen molar-refractivity contribution in [3.63, 3.8) is 0 Å². The average Bonchev–Trinajstić information content (AvgIpc) is 2.80. The molecule has 6 nitrogen and oxygen atoms in total. The number of aryl methyl sites for hydroxylation is 1. The molecule has 3 heterocycles. The highest BCUT2D eigenvalue weighted by molar-refractivity contribution is 5.89. The molecule has 3 aromatic heterocycles. The lowest BCUT2D eigenvalue weighted by Gasteiger charge is -2.22. The van der Waals surface area contributed by atoms with Gasteiger partial charge in [-0.1, -0.05) is 35.9 Å². The van der Waals surface area contributed by atoms with Gasteiger partial charge in [0.15, 0.2) is 5.82 Å². The van der Waals surface area contributed by atoms with E-state index < -0.39 is 17.8 Å². The number of hydrogen-bond acceptors (Lipinski definition) is 6. The zero-order valence-corrected chi connectivity index (χ0v) is 18.3. The third-order valence-electron chi connectivity index (χ3n) is 5.06. The van der Waals surface area contributed by atoms with Gasteiger partial charge in [0.1, 0.15) is 5.69 Å². The summed E-state index contributed by atoms with van der Waals surface area (Å²) in [5, 5.41) is 9.98. The van der Waals surface area contributed by atoms with Crippen LogP contribution in [-0.4, -0.2) is 32.2 Å². The first-order valence-corrected chi connectivity index (χ1v) is 10.3. The second kappa shape index (κ2) is 9.52. The molecule has 0 bridgehead atoms. The van der Waals surface area contributed by atoms with Gasteiger partial charge in [-0.25, -0.2) is 9.99 Å². The normalized spacial score (nSPS) is 11.6. The van der Waals surface area contributed by atoms with Gasteiger partial charge in [0.25, 0.3) is 0 Å². The molecule has 10 heteroatoms. The first-order valence-electron chi connectivity index (χ1n) is 10.3. The minimum atomic E-state index is -4.49. The van der Waals surface area contributed by atoms with E-state index in [1.54, 1.807) is 24.3 Å². The Morgan fingerprint density at radius 2 is 1.62 bits per heavy atom. The van der Waals surface area contributed by atoms with Crippen molar-refractivity contribution in [3.8, 4) is 22.3 Å². The number of aromatic nitrogens is 4. The molecular formula is C24H20F4N6. The number of rotatable bonds is 6. The Kier molecular flexibility index (Phi) is 6.51. The fourth-order valence-electron chi connectivity index (χ4n) is 3.41. The first kappa shape index (κ1) is 23.2. The Bertz CT molecular complexity index is 1260. The number of nitrogens with one attached hydrogen (secondary N) is 1. The minimum Gasteiger partial charge on any atom is -0.301 e. The molecule has 4 aromatic rings. The van der Waals surface area contributed by atoms with Crippen LogP contribution in [-0.2, 0) is 12.7 Å². The number of alkyl halides is 3. The van der Waals surface area contributed by atoms with E-state index >= 15 is 0 Å². The fraction of sp³-hybridized carbons (Fsp3) is 0.167. The smallest absolute Gasteiger partial charge is 0.301 e. The summed E-state index contributed by atoms with van der Waals surface area (Å²) in [4.78, 5) is 7.26. The maximum Gasteiger partial charge on any atom is 0.433 e. The number of anilines is 1. The summed E-state index contributed by atoms with van der Waals surface area (Å²) in [6.45, 7) is 2.22. The lowest BCUT2D eigenvalue weighted by atomic mass is 9.97. The van der Waals surface area contributed by atoms with Crippen molar-refractivity contribution < 1.29 is 17.6 Å². The van der Waals surface area contributed by atoms with E-state index in [1.165, 1.54) is 24.5 Å². The molecule has 1 N–H and O–H groups in total. The predicted octanol–water partition coefficient (Wildman–Crippen LogP) is 5.53. The minimum absolute atomic E-state index is 0.239. The number of benzene rings is 1. The van der Waals surface area contributed by atoms with E-state index in [9.17, 15) is 17.6 Å². The Morgan fingerprint density at radius 3 is 2.24 bits per heavy atom. The highest BCUT2D eigenvalue weighted by atomic mass is 19.4. The Hall–Kier alpha value is -3.92. The standard InChI is InChI=1S/C24H20F4N6/c1-15-3-6-17(7-4-15)19-13-31-32-23(22(19)18-8-10-21(25)30-12-18)33-34(2)14-16-5-9-20(29-11-16)24(26,27)28/h3-13H,14H2,1-2H3,(H,32,33). The van der Waals surface area contributed by atoms with Crippen molar-refractivity contribution >= 4 is 5.82 Å². The SMILES string of the molecule is Cc1ccc(-c2cnnc(NN(C)Cc3ccc(C(F)(F)F)nc3)c2-c2ccc(F)nc2)cc1. The van der Waals surface area contributed by atoms with Crippen molar-refractivity contribution in [1.29, 1.82) is 0 Å². The van der Waals surface area contributed by atoms with E-state index in [-0.39, 0.29) is 6.54 Å². The lowest BCUT2D eigenvalue weighted by Crippen LogP contribution is -2.26. The lowest BCUT2D eigenvalue weighted by molar-refractivity contribution is -0.141. The first-order chi connectivity index (χ1) is 16.2. The van der Waals surface area contributed by atoms with Gasteiger partial charge < -0.3 is 5.43 Å². The summed E-state index contributed by atoms with van der Waals surface area (Å²) in [5.41, 5.74) is 6.77. The van der Waals surface area contributed by atoms with Crippen LogP contribution < -0.4 is 5.43 Å². The number of hydrazine groups is 1. The van der Waals surface area contributed by atoms with Gasteiger partial charge in [-0.2, -0.15) is 22.7 Å². The average molecular weight is 468 g/mol. The predicted molar refractivity (Wildman–Crippen MR) is 120 cm³/mol. The van der Waals surface area contributed by atoms with Crippen LogP contribution in [0.15, 0.2) is 67.1 Å². The molecule has 0 saturated heterocycles. The molecule has 0 aliphatic carbocycles. The zero-order chi connectivity index (χ0) is 24.3. The van der Waals surface area contributed by atoms with E-state index in [2.05, 4.69) is 25.6 Å². The van der Waals surface area contributed by atoms with Crippen molar-refractivity contribution in [3.05, 3.63) is 89.9 Å². The maximum atomic E-state index is 13.5. The second-order valence-electron chi connectivity index (χ2n) is 7.73. The van der Waals surface area contributed by atoms with E-state index in [1.807, 2.05) is 31.2 Å². The summed E-state index contributed by atoms with van der Waals surface area (Å²) in [6, 6.07) is 13.0. The van der Waals surface area contributed by atoms with Crippen LogP contribution in [0.3, 0.4) is 0 Å². The van der Waals surface area contributed by atoms with Gasteiger partial charge in [0, 0.05) is 42.7 Å². The monoisotopic (exact) mass is 468 g/mol. The van der Waals surface area contributed by atoms with Crippen molar-refractivity contribution in [2.24, 2.45) is 0 Å². The molecule has 174 valence electrons. The van der Waals surface area contributed by atoms with E-state index in [4.69, 9.17) is 0 Å². The Balaban J connectivity index is 1.66. The molecular weight excluding hydrogens is 448 g/mol. The quantitative estimate of drug-likeness (QED) is 0.228. The van der Waals surface area contributed by atoms with Crippen LogP contribution in [0.5, 0.6) is 0 Å². The van der Waals surface area contributed by atoms with Crippen molar-refractivity contribution in [2.75, 3.05) is 12.5 Å². The summed E-state index contributed by atoms with van der Waals surface area (Å²) < 4.78 is 51.8. The summed E-state index contributed by atoms with van der Waals surface area (Å²) in [6.07, 6.45) is -0.281. The molecule has 34 heavy (non-hydrogen) atoms. The highest BCUT2D eigenvalue weighted by Crippen LogP contribution is 2.36. The van der Waals surface area contributed by atoms with Crippen LogP contribution in [0.1, 0.15) is 16.8 Å². The molecule has 0 spiro atoms. The van der Waals surface area contributed by atoms with Crippen LogP contribution in [0, 0.1) is 12.9 Å². The molecule has 0 atom stereocenters. The van der Waals surface area contributed by atoms with Crippen LogP contribution in [0.25, 0.3) is 22.3 Å². The molecule has 0 aliphatic rings. The van der Waals surface area contributed by atoms with Gasteiger partial charge in [0.05, 0.1) is 6.20 Å². The highest BCUT2D eigenvalue weighted by Gasteiger charge is 2.32. The molecule has 0 amide bonds. The van der Waals surface area contributed by atoms with Crippen LogP contribution in [0.2, 0.25) is 0 Å². The second-order valence-corrected chi connectivity index (χ2v) is 7.73. The van der Waals surface area contributed by atoms with Gasteiger partial charge in [-0.3, -0.25) is 4.98 Å². The van der Waals surface area contributed by atoms with Gasteiger partial charge in [-0.05, 0) is 36.2 Å². The summed E-state index contributed by atoms with van der Waals surface area (Å²) >= 11 is 0. The van der Waals surface area contributed by atoms with Crippen molar-refractivity contribution in [1.82, 2.24) is 25.2 Å². The Morgan fingerprint density at radius 1 is 0.882 bits per heavy atom. The molecule has 0 fully saturated rings. The molecule has 1 aromatic carbocycles. The van der Waals surface area contributed by atoms with Gasteiger partial charge >= 0.3 is 6.18 Å². The molecule has 0 aliphatic heterocycles. The summed E-state index contributed by atoms with van der Waals surface area (Å²) in [7, 11) is 1.71. The molecule has 0 radical (unpaired) electrons. The van der Waals surface area contributed by atoms with E-state index in [0.29, 0.717) is 22.5 Å². The zero-order valence-electron chi connectivity index (χ0n) is 18.3. The number of pyridine rings is 2. The number of nitrogens with zero attached hydrogens (tertiary/aromatic N) is 5. The third-order valence-corrected chi connectivity index (χ3v) is 5.06.